The molecule has 206 valence electrons. The van der Waals surface area contributed by atoms with E-state index >= 15 is 0 Å². The van der Waals surface area contributed by atoms with Gasteiger partial charge in [0.15, 0.2) is 17.5 Å². The number of rotatable bonds is 6. The molecule has 0 spiro atoms. The van der Waals surface area contributed by atoms with Gasteiger partial charge in [0.1, 0.15) is 12.4 Å². The van der Waals surface area contributed by atoms with E-state index in [4.69, 9.17) is 4.74 Å². The zero-order chi connectivity index (χ0) is 28.1. The van der Waals surface area contributed by atoms with E-state index in [2.05, 4.69) is 10.1 Å². The molecule has 4 aromatic rings. The average Bonchev–Trinajstić information content (AvgIpc) is 3.36. The first kappa shape index (κ1) is 26.2. The summed E-state index contributed by atoms with van der Waals surface area (Å²) >= 11 is 0. The molecular weight excluding hydrogens is 548 g/mol. The van der Waals surface area contributed by atoms with E-state index in [0.717, 1.165) is 21.1 Å². The van der Waals surface area contributed by atoms with Crippen molar-refractivity contribution >= 4 is 16.1 Å². The average molecular weight is 571 g/mol. The van der Waals surface area contributed by atoms with Crippen molar-refractivity contribution in [2.24, 2.45) is 5.41 Å². The fourth-order valence-corrected chi connectivity index (χ4v) is 6.84. The molecule has 12 heteroatoms. The SMILES string of the molecule is O=S(=O)(c1cc(F)c(F)c(F)c1)N1CCC2=Cc3c(cnn3-c3ccc(F)cc3)C[C@]2(COc2ccccn2)C1. The summed E-state index contributed by atoms with van der Waals surface area (Å²) in [5, 5.41) is 4.49. The maximum absolute atomic E-state index is 14.0. The van der Waals surface area contributed by atoms with Gasteiger partial charge in [0, 0.05) is 30.8 Å². The number of benzene rings is 2. The van der Waals surface area contributed by atoms with Gasteiger partial charge in [-0.25, -0.2) is 35.6 Å². The lowest BCUT2D eigenvalue weighted by atomic mass is 9.69. The molecule has 2 aromatic heterocycles. The van der Waals surface area contributed by atoms with Crippen LogP contribution in [-0.2, 0) is 16.4 Å². The van der Waals surface area contributed by atoms with Crippen LogP contribution in [0, 0.1) is 28.7 Å². The number of hydrogen-bond acceptors (Lipinski definition) is 5. The number of hydrogen-bond donors (Lipinski definition) is 0. The Morgan fingerprint density at radius 3 is 2.45 bits per heavy atom. The summed E-state index contributed by atoms with van der Waals surface area (Å²) in [5.41, 5.74) is 2.31. The Bertz CT molecular complexity index is 1700. The van der Waals surface area contributed by atoms with Crippen molar-refractivity contribution < 1.29 is 30.7 Å². The molecule has 1 atom stereocenters. The van der Waals surface area contributed by atoms with Crippen molar-refractivity contribution in [2.75, 3.05) is 19.7 Å². The Labute approximate surface area is 227 Å². The van der Waals surface area contributed by atoms with Gasteiger partial charge in [0.2, 0.25) is 15.9 Å². The van der Waals surface area contributed by atoms with Crippen molar-refractivity contribution in [3.8, 4) is 11.6 Å². The molecule has 1 aliphatic heterocycles. The van der Waals surface area contributed by atoms with Crippen molar-refractivity contribution in [3.05, 3.63) is 107 Å². The number of aromatic nitrogens is 3. The maximum atomic E-state index is 14.0. The lowest BCUT2D eigenvalue weighted by Gasteiger charge is -2.45. The molecule has 2 aromatic carbocycles. The molecule has 7 nitrogen and oxygen atoms in total. The monoisotopic (exact) mass is 570 g/mol. The van der Waals surface area contributed by atoms with Gasteiger partial charge in [-0.1, -0.05) is 11.6 Å². The smallest absolute Gasteiger partial charge is 0.243 e. The van der Waals surface area contributed by atoms with E-state index in [1.165, 1.54) is 12.1 Å². The third-order valence-corrected chi connectivity index (χ3v) is 9.14. The van der Waals surface area contributed by atoms with Gasteiger partial charge in [-0.15, -0.1) is 0 Å². The molecule has 0 N–H and O–H groups in total. The molecule has 1 saturated heterocycles. The molecule has 0 unspecified atom stereocenters. The summed E-state index contributed by atoms with van der Waals surface area (Å²) < 4.78 is 90.9. The quantitative estimate of drug-likeness (QED) is 0.243. The minimum absolute atomic E-state index is 0.0279. The Kier molecular flexibility index (Phi) is 6.46. The van der Waals surface area contributed by atoms with Crippen molar-refractivity contribution in [1.82, 2.24) is 19.1 Å². The molecule has 2 aliphatic rings. The summed E-state index contributed by atoms with van der Waals surface area (Å²) in [6.07, 6.45) is 5.83. The zero-order valence-corrected chi connectivity index (χ0v) is 21.7. The number of nitrogens with zero attached hydrogens (tertiary/aromatic N) is 4. The Morgan fingerprint density at radius 2 is 1.75 bits per heavy atom. The van der Waals surface area contributed by atoms with E-state index in [-0.39, 0.29) is 25.5 Å². The van der Waals surface area contributed by atoms with Crippen LogP contribution in [0.15, 0.2) is 77.5 Å². The third-order valence-electron chi connectivity index (χ3n) is 7.32. The van der Waals surface area contributed by atoms with E-state index in [1.54, 1.807) is 47.4 Å². The molecule has 6 rings (SSSR count). The van der Waals surface area contributed by atoms with Crippen LogP contribution in [0.3, 0.4) is 0 Å². The fourth-order valence-electron chi connectivity index (χ4n) is 5.29. The second-order valence-corrected chi connectivity index (χ2v) is 11.8. The van der Waals surface area contributed by atoms with Gasteiger partial charge in [0.05, 0.1) is 22.5 Å². The summed E-state index contributed by atoms with van der Waals surface area (Å²) in [6, 6.07) is 12.1. The number of piperidine rings is 1. The van der Waals surface area contributed by atoms with Crippen molar-refractivity contribution in [1.29, 1.82) is 0 Å². The van der Waals surface area contributed by atoms with Crippen LogP contribution < -0.4 is 4.74 Å². The lowest BCUT2D eigenvalue weighted by Crippen LogP contribution is -2.52. The molecular formula is C28H22F4N4O3S. The van der Waals surface area contributed by atoms with Crippen LogP contribution in [0.5, 0.6) is 5.88 Å². The molecule has 40 heavy (non-hydrogen) atoms. The highest BCUT2D eigenvalue weighted by Crippen LogP contribution is 2.45. The zero-order valence-electron chi connectivity index (χ0n) is 20.9. The van der Waals surface area contributed by atoms with Gasteiger partial charge in [-0.05, 0) is 66.9 Å². The summed E-state index contributed by atoms with van der Waals surface area (Å²) in [6.45, 7) is 0.0328. The largest absolute Gasteiger partial charge is 0.477 e. The van der Waals surface area contributed by atoms with Crippen LogP contribution in [0.2, 0.25) is 0 Å². The van der Waals surface area contributed by atoms with Gasteiger partial charge in [-0.2, -0.15) is 9.40 Å². The summed E-state index contributed by atoms with van der Waals surface area (Å²) in [5.74, 6) is -4.92. The van der Waals surface area contributed by atoms with Crippen molar-refractivity contribution in [3.63, 3.8) is 0 Å². The van der Waals surface area contributed by atoms with Gasteiger partial charge in [-0.3, -0.25) is 0 Å². The van der Waals surface area contributed by atoms with E-state index in [1.807, 2.05) is 6.08 Å². The molecule has 0 amide bonds. The minimum atomic E-state index is -4.38. The molecule has 0 bridgehead atoms. The Hall–Kier alpha value is -4.03. The standard InChI is InChI=1S/C28H22F4N4O3S/c29-20-4-6-21(7-5-20)36-25-11-19-8-10-35(40(37,38)22-12-23(30)27(32)24(31)13-22)16-28(19,14-18(25)15-34-36)17-39-26-3-1-2-9-33-26/h1-7,9,11-13,15H,8,10,14,16-17H2/t28-/m1/s1. The summed E-state index contributed by atoms with van der Waals surface area (Å²) in [7, 11) is -4.38. The predicted molar refractivity (Wildman–Crippen MR) is 137 cm³/mol. The maximum Gasteiger partial charge on any atom is 0.243 e. The number of pyridine rings is 1. The highest BCUT2D eigenvalue weighted by molar-refractivity contribution is 7.89. The highest BCUT2D eigenvalue weighted by atomic mass is 32.2. The van der Waals surface area contributed by atoms with Crippen LogP contribution in [0.25, 0.3) is 11.8 Å². The topological polar surface area (TPSA) is 77.3 Å². The first-order valence-corrected chi connectivity index (χ1v) is 13.8. The molecule has 1 fully saturated rings. The van der Waals surface area contributed by atoms with Gasteiger partial charge in [0.25, 0.3) is 0 Å². The highest BCUT2D eigenvalue weighted by Gasteiger charge is 2.47. The van der Waals surface area contributed by atoms with E-state index in [0.29, 0.717) is 36.5 Å². The van der Waals surface area contributed by atoms with Crippen LogP contribution in [0.1, 0.15) is 17.7 Å². The van der Waals surface area contributed by atoms with E-state index < -0.39 is 37.8 Å². The second-order valence-electron chi connectivity index (χ2n) is 9.82. The van der Waals surface area contributed by atoms with Gasteiger partial charge >= 0.3 is 0 Å². The number of sulfonamides is 1. The van der Waals surface area contributed by atoms with Crippen molar-refractivity contribution in [2.45, 2.75) is 17.7 Å². The van der Waals surface area contributed by atoms with Crippen LogP contribution in [0.4, 0.5) is 17.6 Å². The molecule has 0 saturated carbocycles. The molecule has 0 radical (unpaired) electrons. The molecule has 1 aliphatic carbocycles. The minimum Gasteiger partial charge on any atom is -0.477 e. The third kappa shape index (κ3) is 4.56. The van der Waals surface area contributed by atoms with Gasteiger partial charge < -0.3 is 4.74 Å². The predicted octanol–water partition coefficient (Wildman–Crippen LogP) is 4.92. The lowest BCUT2D eigenvalue weighted by molar-refractivity contribution is 0.122. The van der Waals surface area contributed by atoms with Crippen LogP contribution in [-0.4, -0.2) is 47.2 Å². The first-order chi connectivity index (χ1) is 19.2. The number of ether oxygens (including phenoxy) is 1. The molecule has 3 heterocycles. The summed E-state index contributed by atoms with van der Waals surface area (Å²) in [4.78, 5) is 3.53. The normalized spacial score (nSPS) is 19.1. The fraction of sp³-hybridized carbons (Fsp3) is 0.214. The van der Waals surface area contributed by atoms with E-state index in [9.17, 15) is 26.0 Å². The number of fused-ring (bicyclic) bond motifs is 2. The number of halogens is 4. The second kappa shape index (κ2) is 9.86. The van der Waals surface area contributed by atoms with Crippen LogP contribution >= 0.6 is 0 Å². The first-order valence-electron chi connectivity index (χ1n) is 12.4. The Morgan fingerprint density at radius 1 is 1.00 bits per heavy atom. The Balaban J connectivity index is 1.38.